The molecule has 1 aromatic rings. The molecule has 0 aliphatic carbocycles. The minimum atomic E-state index is -2.02. The third-order valence-electron chi connectivity index (χ3n) is 1.97. The van der Waals surface area contributed by atoms with Gasteiger partial charge in [0.15, 0.2) is 0 Å². The van der Waals surface area contributed by atoms with Gasteiger partial charge in [-0.15, -0.1) is 0 Å². The van der Waals surface area contributed by atoms with Crippen molar-refractivity contribution >= 4 is 11.1 Å². The van der Waals surface area contributed by atoms with E-state index in [0.29, 0.717) is 6.61 Å². The molecule has 1 aromatic carbocycles. The van der Waals surface area contributed by atoms with Crippen molar-refractivity contribution in [1.29, 1.82) is 0 Å². The number of ether oxygens (including phenoxy) is 1. The van der Waals surface area contributed by atoms with Gasteiger partial charge in [-0.3, -0.25) is 4.21 Å². The van der Waals surface area contributed by atoms with Crippen LogP contribution in [0.25, 0.3) is 0 Å². The molecule has 1 atom stereocenters. The average Bonchev–Trinajstić information content (AvgIpc) is 2.20. The molecule has 0 radical (unpaired) electrons. The minimum Gasteiger partial charge on any atom is -0.772 e. The molecule has 3 nitrogen and oxygen atoms in total. The molecule has 4 heteroatoms. The van der Waals surface area contributed by atoms with Gasteiger partial charge < -0.3 is 9.29 Å². The molecular weight excluding hydrogens is 212 g/mol. The zero-order valence-corrected chi connectivity index (χ0v) is 9.59. The predicted molar refractivity (Wildman–Crippen MR) is 59.5 cm³/mol. The summed E-state index contributed by atoms with van der Waals surface area (Å²) in [5.41, 5.74) is 0.783. The molecule has 0 aliphatic heterocycles. The molecule has 0 heterocycles. The van der Waals surface area contributed by atoms with Gasteiger partial charge in [-0.2, -0.15) is 0 Å². The molecule has 0 aromatic heterocycles. The van der Waals surface area contributed by atoms with Gasteiger partial charge in [-0.05, 0) is 24.1 Å². The summed E-state index contributed by atoms with van der Waals surface area (Å²) >= 11 is -2.02. The van der Waals surface area contributed by atoms with Crippen LogP contribution in [0.1, 0.15) is 25.3 Å². The first kappa shape index (κ1) is 12.2. The van der Waals surface area contributed by atoms with E-state index in [1.165, 1.54) is 0 Å². The molecular formula is C11H15O3S-. The normalized spacial score (nSPS) is 12.4. The second kappa shape index (κ2) is 6.58. The minimum absolute atomic E-state index is 0.0647. The molecule has 0 saturated carbocycles. The van der Waals surface area contributed by atoms with E-state index in [9.17, 15) is 8.76 Å². The molecule has 1 rings (SSSR count). The number of rotatable bonds is 6. The Bertz CT molecular complexity index is 308. The molecule has 1 unspecified atom stereocenters. The second-order valence-electron chi connectivity index (χ2n) is 3.29. The Kier molecular flexibility index (Phi) is 5.36. The molecule has 0 aliphatic rings. The van der Waals surface area contributed by atoms with Crippen molar-refractivity contribution in [1.82, 2.24) is 0 Å². The lowest BCUT2D eigenvalue weighted by atomic mass is 10.2. The first-order valence-corrected chi connectivity index (χ1v) is 6.24. The van der Waals surface area contributed by atoms with Gasteiger partial charge in [0.05, 0.1) is 6.61 Å². The zero-order chi connectivity index (χ0) is 11.1. The second-order valence-corrected chi connectivity index (χ2v) is 4.19. The summed E-state index contributed by atoms with van der Waals surface area (Å²) in [4.78, 5) is 0. The van der Waals surface area contributed by atoms with Crippen LogP contribution in [0.5, 0.6) is 5.75 Å². The average molecular weight is 227 g/mol. The molecule has 0 fully saturated rings. The summed E-state index contributed by atoms with van der Waals surface area (Å²) in [7, 11) is 0. The molecule has 84 valence electrons. The Labute approximate surface area is 92.7 Å². The maximum atomic E-state index is 10.4. The maximum Gasteiger partial charge on any atom is 0.119 e. The van der Waals surface area contributed by atoms with Crippen molar-refractivity contribution in [2.45, 2.75) is 25.5 Å². The summed E-state index contributed by atoms with van der Waals surface area (Å²) in [6, 6.07) is 7.16. The highest BCUT2D eigenvalue weighted by molar-refractivity contribution is 7.78. The summed E-state index contributed by atoms with van der Waals surface area (Å²) < 4.78 is 26.3. The van der Waals surface area contributed by atoms with Gasteiger partial charge in [0.1, 0.15) is 5.75 Å². The Morgan fingerprint density at radius 2 is 2.00 bits per heavy atom. The lowest BCUT2D eigenvalue weighted by Crippen LogP contribution is -1.97. The Balaban J connectivity index is 2.45. The van der Waals surface area contributed by atoms with E-state index in [1.54, 1.807) is 24.3 Å². The molecule has 0 saturated heterocycles. The van der Waals surface area contributed by atoms with Gasteiger partial charge in [-0.1, -0.05) is 36.6 Å². The summed E-state index contributed by atoms with van der Waals surface area (Å²) in [6.45, 7) is 2.82. The van der Waals surface area contributed by atoms with E-state index in [2.05, 4.69) is 6.92 Å². The van der Waals surface area contributed by atoms with Crippen LogP contribution >= 0.6 is 0 Å². The van der Waals surface area contributed by atoms with Gasteiger partial charge >= 0.3 is 0 Å². The van der Waals surface area contributed by atoms with Gasteiger partial charge in [-0.25, -0.2) is 0 Å². The monoisotopic (exact) mass is 227 g/mol. The Morgan fingerprint density at radius 3 is 2.53 bits per heavy atom. The van der Waals surface area contributed by atoms with Crippen molar-refractivity contribution in [2.75, 3.05) is 6.61 Å². The van der Waals surface area contributed by atoms with Crippen molar-refractivity contribution in [3.05, 3.63) is 29.8 Å². The highest BCUT2D eigenvalue weighted by Gasteiger charge is 1.95. The third-order valence-corrected chi connectivity index (χ3v) is 2.54. The standard InChI is InChI=1S/C11H16O3S/c1-2-3-8-14-11-6-4-10(5-7-11)9-15(12)13/h4-7H,2-3,8-9H2,1H3,(H,12,13)/p-1. The molecule has 0 N–H and O–H groups in total. The van der Waals surface area contributed by atoms with Crippen LogP contribution in [0.4, 0.5) is 0 Å². The van der Waals surface area contributed by atoms with Gasteiger partial charge in [0.25, 0.3) is 0 Å². The van der Waals surface area contributed by atoms with Gasteiger partial charge in [0.2, 0.25) is 0 Å². The summed E-state index contributed by atoms with van der Waals surface area (Å²) in [5.74, 6) is 0.860. The highest BCUT2D eigenvalue weighted by Crippen LogP contribution is 2.13. The zero-order valence-electron chi connectivity index (χ0n) is 8.77. The van der Waals surface area contributed by atoms with Crippen molar-refractivity contribution < 1.29 is 13.5 Å². The molecule has 0 bridgehead atoms. The van der Waals surface area contributed by atoms with Crippen molar-refractivity contribution in [2.24, 2.45) is 0 Å². The van der Waals surface area contributed by atoms with E-state index >= 15 is 0 Å². The van der Waals surface area contributed by atoms with E-state index < -0.39 is 11.1 Å². The van der Waals surface area contributed by atoms with E-state index in [-0.39, 0.29) is 5.75 Å². The first-order chi connectivity index (χ1) is 7.22. The predicted octanol–water partition coefficient (Wildman–Crippen LogP) is 2.24. The van der Waals surface area contributed by atoms with Crippen LogP contribution in [-0.4, -0.2) is 15.4 Å². The smallest absolute Gasteiger partial charge is 0.119 e. The fraction of sp³-hybridized carbons (Fsp3) is 0.455. The SMILES string of the molecule is CCCCOc1ccc(CS(=O)[O-])cc1. The molecule has 0 spiro atoms. The van der Waals surface area contributed by atoms with E-state index in [1.807, 2.05) is 0 Å². The van der Waals surface area contributed by atoms with E-state index in [4.69, 9.17) is 4.74 Å². The van der Waals surface area contributed by atoms with Crippen molar-refractivity contribution in [3.63, 3.8) is 0 Å². The van der Waals surface area contributed by atoms with Crippen LogP contribution in [0, 0.1) is 0 Å². The van der Waals surface area contributed by atoms with Crippen molar-refractivity contribution in [3.8, 4) is 5.75 Å². The van der Waals surface area contributed by atoms with E-state index in [0.717, 1.165) is 24.2 Å². The highest BCUT2D eigenvalue weighted by atomic mass is 32.2. The fourth-order valence-electron chi connectivity index (χ4n) is 1.15. The first-order valence-electron chi connectivity index (χ1n) is 5.00. The van der Waals surface area contributed by atoms with Crippen LogP contribution in [-0.2, 0) is 16.8 Å². The molecule has 15 heavy (non-hydrogen) atoms. The number of hydrogen-bond acceptors (Lipinski definition) is 3. The lowest BCUT2D eigenvalue weighted by Gasteiger charge is -2.07. The number of hydrogen-bond donors (Lipinski definition) is 0. The topological polar surface area (TPSA) is 49.4 Å². The summed E-state index contributed by atoms with van der Waals surface area (Å²) in [5, 5.41) is 0. The maximum absolute atomic E-state index is 10.4. The fourth-order valence-corrected chi connectivity index (χ4v) is 1.62. The van der Waals surface area contributed by atoms with Crippen LogP contribution < -0.4 is 4.74 Å². The number of benzene rings is 1. The molecule has 0 amide bonds. The van der Waals surface area contributed by atoms with Crippen LogP contribution in [0.15, 0.2) is 24.3 Å². The quantitative estimate of drug-likeness (QED) is 0.553. The summed E-state index contributed by atoms with van der Waals surface area (Å²) in [6.07, 6.45) is 2.14. The largest absolute Gasteiger partial charge is 0.772 e. The number of unbranched alkanes of at least 4 members (excludes halogenated alkanes) is 1. The van der Waals surface area contributed by atoms with Gasteiger partial charge in [0, 0.05) is 5.75 Å². The van der Waals surface area contributed by atoms with Crippen LogP contribution in [0.3, 0.4) is 0 Å². The lowest BCUT2D eigenvalue weighted by molar-refractivity contribution is 0.309. The van der Waals surface area contributed by atoms with Crippen LogP contribution in [0.2, 0.25) is 0 Å². The third kappa shape index (κ3) is 4.95. The Hall–Kier alpha value is -0.870. The Morgan fingerprint density at radius 1 is 1.33 bits per heavy atom.